The summed E-state index contributed by atoms with van der Waals surface area (Å²) in [5.74, 6) is -0.551. The van der Waals surface area contributed by atoms with Crippen LogP contribution < -0.4 is 5.32 Å². The molecule has 4 rings (SSSR count). The van der Waals surface area contributed by atoms with Crippen molar-refractivity contribution in [1.29, 1.82) is 0 Å². The van der Waals surface area contributed by atoms with Crippen molar-refractivity contribution >= 4 is 29.3 Å². The standard InChI is InChI=1S/C27H25N3O3S/c1-2-17-33-26(32)21-15-9-10-16-22(21)28-23(31)18-34-27-29-24(19-11-5-3-6-12-19)25(30-27)20-13-7-4-8-14-20/h3-16H,2,17-18H2,1H3,(H,28,31)(H,29,30). The number of esters is 1. The van der Waals surface area contributed by atoms with Crippen molar-refractivity contribution in [1.82, 2.24) is 9.97 Å². The Morgan fingerprint density at radius 2 is 1.56 bits per heavy atom. The average Bonchev–Trinajstić information content (AvgIpc) is 3.32. The predicted octanol–water partition coefficient (Wildman–Crippen LogP) is 6.04. The average molecular weight is 472 g/mol. The van der Waals surface area contributed by atoms with Gasteiger partial charge in [-0.05, 0) is 18.6 Å². The van der Waals surface area contributed by atoms with Crippen molar-refractivity contribution in [2.45, 2.75) is 18.5 Å². The molecule has 34 heavy (non-hydrogen) atoms. The van der Waals surface area contributed by atoms with Gasteiger partial charge in [0.1, 0.15) is 0 Å². The van der Waals surface area contributed by atoms with Crippen LogP contribution in [-0.2, 0) is 9.53 Å². The summed E-state index contributed by atoms with van der Waals surface area (Å²) >= 11 is 1.31. The Morgan fingerprint density at radius 3 is 2.26 bits per heavy atom. The summed E-state index contributed by atoms with van der Waals surface area (Å²) in [5.41, 5.74) is 4.52. The number of rotatable bonds is 9. The number of amides is 1. The first-order valence-corrected chi connectivity index (χ1v) is 12.0. The van der Waals surface area contributed by atoms with Gasteiger partial charge in [-0.25, -0.2) is 9.78 Å². The SMILES string of the molecule is CCCOC(=O)c1ccccc1NC(=O)CSc1nc(-c2ccccc2)c(-c2ccccc2)[nH]1. The van der Waals surface area contributed by atoms with E-state index in [4.69, 9.17) is 9.72 Å². The number of nitrogens with one attached hydrogen (secondary N) is 2. The molecule has 6 nitrogen and oxygen atoms in total. The van der Waals surface area contributed by atoms with Gasteiger partial charge in [0.05, 0.1) is 35.0 Å². The van der Waals surface area contributed by atoms with E-state index in [1.165, 1.54) is 11.8 Å². The molecular formula is C27H25N3O3S. The van der Waals surface area contributed by atoms with Crippen LogP contribution >= 0.6 is 11.8 Å². The molecule has 3 aromatic carbocycles. The van der Waals surface area contributed by atoms with Gasteiger partial charge >= 0.3 is 5.97 Å². The number of H-pyrrole nitrogens is 1. The minimum Gasteiger partial charge on any atom is -0.462 e. The van der Waals surface area contributed by atoms with Gasteiger partial charge in [-0.1, -0.05) is 91.5 Å². The highest BCUT2D eigenvalue weighted by Gasteiger charge is 2.17. The number of benzene rings is 3. The van der Waals surface area contributed by atoms with Crippen LogP contribution in [0.2, 0.25) is 0 Å². The molecule has 0 radical (unpaired) electrons. The van der Waals surface area contributed by atoms with Gasteiger partial charge in [0.25, 0.3) is 0 Å². The molecule has 1 aromatic heterocycles. The lowest BCUT2D eigenvalue weighted by Crippen LogP contribution is -2.17. The number of para-hydroxylation sites is 1. The van der Waals surface area contributed by atoms with E-state index in [-0.39, 0.29) is 11.7 Å². The lowest BCUT2D eigenvalue weighted by atomic mass is 10.1. The van der Waals surface area contributed by atoms with Crippen LogP contribution in [0.3, 0.4) is 0 Å². The highest BCUT2D eigenvalue weighted by molar-refractivity contribution is 7.99. The first-order chi connectivity index (χ1) is 16.7. The number of ether oxygens (including phenoxy) is 1. The Labute approximate surface area is 202 Å². The molecule has 2 N–H and O–H groups in total. The molecule has 1 amide bonds. The maximum absolute atomic E-state index is 12.7. The molecule has 1 heterocycles. The topological polar surface area (TPSA) is 84.1 Å². The van der Waals surface area contributed by atoms with E-state index in [0.29, 0.717) is 23.0 Å². The maximum atomic E-state index is 12.7. The minimum atomic E-state index is -0.448. The zero-order chi connectivity index (χ0) is 23.8. The van der Waals surface area contributed by atoms with Crippen molar-refractivity contribution in [3.63, 3.8) is 0 Å². The Kier molecular flexibility index (Phi) is 7.78. The molecule has 0 aliphatic carbocycles. The fraction of sp³-hybridized carbons (Fsp3) is 0.148. The van der Waals surface area contributed by atoms with E-state index < -0.39 is 5.97 Å². The van der Waals surface area contributed by atoms with E-state index in [9.17, 15) is 9.59 Å². The normalized spacial score (nSPS) is 10.6. The smallest absolute Gasteiger partial charge is 0.340 e. The largest absolute Gasteiger partial charge is 0.462 e. The van der Waals surface area contributed by atoms with Crippen LogP contribution in [0.15, 0.2) is 90.1 Å². The molecule has 0 fully saturated rings. The van der Waals surface area contributed by atoms with Crippen molar-refractivity contribution < 1.29 is 14.3 Å². The number of anilines is 1. The third-order valence-corrected chi connectivity index (χ3v) is 5.86. The van der Waals surface area contributed by atoms with Gasteiger partial charge in [-0.15, -0.1) is 0 Å². The lowest BCUT2D eigenvalue weighted by Gasteiger charge is -2.10. The van der Waals surface area contributed by atoms with Gasteiger partial charge in [-0.3, -0.25) is 4.79 Å². The number of carbonyl (C=O) groups is 2. The van der Waals surface area contributed by atoms with Gasteiger partial charge in [-0.2, -0.15) is 0 Å². The van der Waals surface area contributed by atoms with Gasteiger partial charge in [0.15, 0.2) is 5.16 Å². The third-order valence-electron chi connectivity index (χ3n) is 4.99. The summed E-state index contributed by atoms with van der Waals surface area (Å²) in [5, 5.41) is 3.46. The highest BCUT2D eigenvalue weighted by atomic mass is 32.2. The van der Waals surface area contributed by atoms with Crippen molar-refractivity contribution in [2.24, 2.45) is 0 Å². The van der Waals surface area contributed by atoms with Crippen LogP contribution in [0, 0.1) is 0 Å². The number of aromatic amines is 1. The van der Waals surface area contributed by atoms with Crippen LogP contribution in [-0.4, -0.2) is 34.2 Å². The molecule has 4 aromatic rings. The molecule has 0 aliphatic rings. The number of aromatic nitrogens is 2. The quantitative estimate of drug-likeness (QED) is 0.230. The Bertz CT molecular complexity index is 1200. The van der Waals surface area contributed by atoms with E-state index in [2.05, 4.69) is 10.3 Å². The molecule has 0 saturated heterocycles. The number of hydrogen-bond acceptors (Lipinski definition) is 5. The van der Waals surface area contributed by atoms with Crippen molar-refractivity contribution in [2.75, 3.05) is 17.7 Å². The molecule has 0 aliphatic heterocycles. The third kappa shape index (κ3) is 5.74. The molecular weight excluding hydrogens is 446 g/mol. The molecule has 7 heteroatoms. The molecule has 0 atom stereocenters. The Morgan fingerprint density at radius 1 is 0.912 bits per heavy atom. The molecule has 172 valence electrons. The summed E-state index contributed by atoms with van der Waals surface area (Å²) < 4.78 is 5.22. The Balaban J connectivity index is 1.49. The number of hydrogen-bond donors (Lipinski definition) is 2. The summed E-state index contributed by atoms with van der Waals surface area (Å²) in [4.78, 5) is 33.1. The number of thioether (sulfide) groups is 1. The van der Waals surface area contributed by atoms with Crippen LogP contribution in [0.4, 0.5) is 5.69 Å². The second-order valence-electron chi connectivity index (χ2n) is 7.52. The van der Waals surface area contributed by atoms with E-state index in [1.807, 2.05) is 67.6 Å². The Hall–Kier alpha value is -3.84. The minimum absolute atomic E-state index is 0.133. The summed E-state index contributed by atoms with van der Waals surface area (Å²) in [6, 6.07) is 26.8. The summed E-state index contributed by atoms with van der Waals surface area (Å²) in [6.07, 6.45) is 0.732. The van der Waals surface area contributed by atoms with Crippen LogP contribution in [0.1, 0.15) is 23.7 Å². The summed E-state index contributed by atoms with van der Waals surface area (Å²) in [6.45, 7) is 2.27. The molecule has 0 spiro atoms. The highest BCUT2D eigenvalue weighted by Crippen LogP contribution is 2.32. The van der Waals surface area contributed by atoms with Gasteiger partial charge in [0.2, 0.25) is 5.91 Å². The number of imidazole rings is 1. The van der Waals surface area contributed by atoms with Crippen LogP contribution in [0.5, 0.6) is 0 Å². The first kappa shape index (κ1) is 23.3. The summed E-state index contributed by atoms with van der Waals surface area (Å²) in [7, 11) is 0. The lowest BCUT2D eigenvalue weighted by molar-refractivity contribution is -0.113. The second kappa shape index (κ2) is 11.3. The van der Waals surface area contributed by atoms with E-state index in [1.54, 1.807) is 24.3 Å². The zero-order valence-electron chi connectivity index (χ0n) is 18.8. The molecule has 0 bridgehead atoms. The van der Waals surface area contributed by atoms with Crippen molar-refractivity contribution in [3.8, 4) is 22.5 Å². The fourth-order valence-electron chi connectivity index (χ4n) is 3.40. The number of carbonyl (C=O) groups excluding carboxylic acids is 2. The fourth-order valence-corrected chi connectivity index (χ4v) is 4.07. The first-order valence-electron chi connectivity index (χ1n) is 11.1. The number of nitrogens with zero attached hydrogens (tertiary/aromatic N) is 1. The monoisotopic (exact) mass is 471 g/mol. The molecule has 0 saturated carbocycles. The zero-order valence-corrected chi connectivity index (χ0v) is 19.6. The van der Waals surface area contributed by atoms with Gasteiger partial charge < -0.3 is 15.0 Å². The van der Waals surface area contributed by atoms with E-state index >= 15 is 0 Å². The molecule has 0 unspecified atom stereocenters. The second-order valence-corrected chi connectivity index (χ2v) is 8.48. The maximum Gasteiger partial charge on any atom is 0.340 e. The van der Waals surface area contributed by atoms with Gasteiger partial charge in [0, 0.05) is 11.1 Å². The van der Waals surface area contributed by atoms with E-state index in [0.717, 1.165) is 28.9 Å². The van der Waals surface area contributed by atoms with Crippen LogP contribution in [0.25, 0.3) is 22.5 Å². The predicted molar refractivity (Wildman–Crippen MR) is 136 cm³/mol. The van der Waals surface area contributed by atoms with Crippen molar-refractivity contribution in [3.05, 3.63) is 90.5 Å².